The Hall–Kier alpha value is -2.32. The molecule has 1 heterocycles. The number of pyridine rings is 1. The summed E-state index contributed by atoms with van der Waals surface area (Å²) in [4.78, 5) is 3.82. The quantitative estimate of drug-likeness (QED) is 0.752. The van der Waals surface area contributed by atoms with Gasteiger partial charge >= 0.3 is 6.18 Å². The number of hydrogen-bond donors (Lipinski definition) is 0. The van der Waals surface area contributed by atoms with Gasteiger partial charge < -0.3 is 0 Å². The molecule has 2 aromatic rings. The highest BCUT2D eigenvalue weighted by Gasteiger charge is 2.30. The van der Waals surface area contributed by atoms with Crippen LogP contribution in [0.4, 0.5) is 13.2 Å². The molecule has 0 saturated carbocycles. The van der Waals surface area contributed by atoms with E-state index in [1.54, 1.807) is 12.1 Å². The van der Waals surface area contributed by atoms with Gasteiger partial charge in [-0.05, 0) is 35.4 Å². The molecule has 21 heavy (non-hydrogen) atoms. The zero-order chi connectivity index (χ0) is 15.5. The second-order valence-electron chi connectivity index (χ2n) is 4.12. The number of hydrogen-bond acceptors (Lipinski definition) is 2. The fraction of sp³-hybridized carbons (Fsp3) is 0.0667. The van der Waals surface area contributed by atoms with Crippen LogP contribution in [0.2, 0.25) is 0 Å². The van der Waals surface area contributed by atoms with Crippen LogP contribution in [0.5, 0.6) is 0 Å². The molecule has 2 nitrogen and oxygen atoms in total. The molecule has 0 aliphatic heterocycles. The average Bonchev–Trinajstić information content (AvgIpc) is 2.48. The summed E-state index contributed by atoms with van der Waals surface area (Å²) < 4.78 is 38.1. The fourth-order valence-electron chi connectivity index (χ4n) is 1.74. The van der Waals surface area contributed by atoms with Crippen molar-refractivity contribution in [1.82, 2.24) is 4.98 Å². The van der Waals surface area contributed by atoms with Gasteiger partial charge in [-0.3, -0.25) is 4.98 Å². The van der Waals surface area contributed by atoms with Gasteiger partial charge in [0, 0.05) is 12.4 Å². The summed E-state index contributed by atoms with van der Waals surface area (Å²) in [6.45, 7) is 0. The standard InChI is InChI=1S/C15H8ClF3N2/c16-14(13(9-20)10-4-6-21-7-5-10)11-2-1-3-12(8-11)15(17,18)19/h1-8H/b14-13+. The molecule has 1 aromatic carbocycles. The maximum absolute atomic E-state index is 12.7. The summed E-state index contributed by atoms with van der Waals surface area (Å²) in [7, 11) is 0. The lowest BCUT2D eigenvalue weighted by Gasteiger charge is -2.09. The Kier molecular flexibility index (Phi) is 4.29. The third-order valence-electron chi connectivity index (χ3n) is 2.74. The Morgan fingerprint density at radius 2 is 1.76 bits per heavy atom. The van der Waals surface area contributed by atoms with Gasteiger partial charge in [-0.1, -0.05) is 23.7 Å². The van der Waals surface area contributed by atoms with E-state index in [1.165, 1.54) is 24.5 Å². The van der Waals surface area contributed by atoms with Crippen LogP contribution in [0, 0.1) is 11.3 Å². The molecule has 0 spiro atoms. The van der Waals surface area contributed by atoms with Crippen molar-refractivity contribution < 1.29 is 13.2 Å². The Labute approximate surface area is 124 Å². The first-order valence-electron chi connectivity index (χ1n) is 5.81. The zero-order valence-corrected chi connectivity index (χ0v) is 11.3. The highest BCUT2D eigenvalue weighted by molar-refractivity contribution is 6.53. The zero-order valence-electron chi connectivity index (χ0n) is 10.5. The predicted octanol–water partition coefficient (Wildman–Crippen LogP) is 4.73. The normalized spacial score (nSPS) is 12.5. The van der Waals surface area contributed by atoms with Gasteiger partial charge in [-0.25, -0.2) is 0 Å². The molecule has 0 fully saturated rings. The molecule has 0 amide bonds. The smallest absolute Gasteiger partial charge is 0.265 e. The molecule has 0 aliphatic carbocycles. The van der Waals surface area contributed by atoms with Gasteiger partial charge in [0.2, 0.25) is 0 Å². The van der Waals surface area contributed by atoms with Crippen molar-refractivity contribution in [1.29, 1.82) is 5.26 Å². The number of nitrogens with zero attached hydrogens (tertiary/aromatic N) is 2. The van der Waals surface area contributed by atoms with Crippen molar-refractivity contribution in [2.24, 2.45) is 0 Å². The van der Waals surface area contributed by atoms with Crippen LogP contribution in [-0.2, 0) is 6.18 Å². The molecule has 6 heteroatoms. The first-order valence-corrected chi connectivity index (χ1v) is 6.19. The molecule has 0 N–H and O–H groups in total. The molecule has 2 rings (SSSR count). The Morgan fingerprint density at radius 3 is 2.33 bits per heavy atom. The number of nitriles is 1. The van der Waals surface area contributed by atoms with Crippen LogP contribution in [0.15, 0.2) is 48.8 Å². The van der Waals surface area contributed by atoms with Crippen LogP contribution < -0.4 is 0 Å². The largest absolute Gasteiger partial charge is 0.416 e. The molecule has 0 atom stereocenters. The Morgan fingerprint density at radius 1 is 1.10 bits per heavy atom. The van der Waals surface area contributed by atoms with Crippen molar-refractivity contribution >= 4 is 22.2 Å². The van der Waals surface area contributed by atoms with E-state index < -0.39 is 11.7 Å². The van der Waals surface area contributed by atoms with Crippen molar-refractivity contribution in [2.75, 3.05) is 0 Å². The van der Waals surface area contributed by atoms with Gasteiger partial charge in [-0.2, -0.15) is 18.4 Å². The minimum absolute atomic E-state index is 0.0326. The number of alkyl halides is 3. The fourth-order valence-corrected chi connectivity index (χ4v) is 2.00. The van der Waals surface area contributed by atoms with Crippen LogP contribution in [0.1, 0.15) is 16.7 Å². The van der Waals surface area contributed by atoms with Gasteiger partial charge in [0.25, 0.3) is 0 Å². The van der Waals surface area contributed by atoms with Crippen LogP contribution in [-0.4, -0.2) is 4.98 Å². The van der Waals surface area contributed by atoms with E-state index >= 15 is 0 Å². The van der Waals surface area contributed by atoms with E-state index in [0.717, 1.165) is 12.1 Å². The van der Waals surface area contributed by atoms with Crippen LogP contribution in [0.25, 0.3) is 10.6 Å². The van der Waals surface area contributed by atoms with E-state index in [-0.39, 0.29) is 16.2 Å². The lowest BCUT2D eigenvalue weighted by atomic mass is 10.0. The summed E-state index contributed by atoms with van der Waals surface area (Å²) in [5, 5.41) is 9.17. The molecule has 106 valence electrons. The number of halogens is 4. The molecule has 0 unspecified atom stereocenters. The number of allylic oxidation sites excluding steroid dienone is 1. The Bertz CT molecular complexity index is 716. The lowest BCUT2D eigenvalue weighted by molar-refractivity contribution is -0.137. The molecular weight excluding hydrogens is 301 g/mol. The number of rotatable bonds is 2. The van der Waals surface area contributed by atoms with Crippen molar-refractivity contribution in [3.63, 3.8) is 0 Å². The summed E-state index contributed by atoms with van der Waals surface area (Å²) in [5.41, 5.74) is -0.0849. The molecule has 0 aliphatic rings. The Balaban J connectivity index is 2.55. The first-order chi connectivity index (χ1) is 9.93. The summed E-state index contributed by atoms with van der Waals surface area (Å²) >= 11 is 6.10. The molecular formula is C15H8ClF3N2. The maximum atomic E-state index is 12.7. The summed E-state index contributed by atoms with van der Waals surface area (Å²) in [5.74, 6) is 0. The van der Waals surface area contributed by atoms with Crippen LogP contribution in [0.3, 0.4) is 0 Å². The SMILES string of the molecule is N#C/C(=C(\Cl)c1cccc(C(F)(F)F)c1)c1ccncc1. The molecule has 0 bridgehead atoms. The second kappa shape index (κ2) is 5.98. The van der Waals surface area contributed by atoms with E-state index in [4.69, 9.17) is 11.6 Å². The second-order valence-corrected chi connectivity index (χ2v) is 4.49. The van der Waals surface area contributed by atoms with E-state index in [1.807, 2.05) is 6.07 Å². The molecule has 0 saturated heterocycles. The van der Waals surface area contributed by atoms with Crippen molar-refractivity contribution in [2.45, 2.75) is 6.18 Å². The number of benzene rings is 1. The maximum Gasteiger partial charge on any atom is 0.416 e. The van der Waals surface area contributed by atoms with Crippen molar-refractivity contribution in [3.8, 4) is 6.07 Å². The monoisotopic (exact) mass is 308 g/mol. The topological polar surface area (TPSA) is 36.7 Å². The van der Waals surface area contributed by atoms with Gasteiger partial charge in [-0.15, -0.1) is 0 Å². The molecule has 1 aromatic heterocycles. The minimum atomic E-state index is -4.46. The lowest BCUT2D eigenvalue weighted by Crippen LogP contribution is -2.04. The first kappa shape index (κ1) is 15.1. The predicted molar refractivity (Wildman–Crippen MR) is 74.0 cm³/mol. The van der Waals surface area contributed by atoms with Crippen LogP contribution >= 0.6 is 11.6 Å². The third kappa shape index (κ3) is 3.41. The third-order valence-corrected chi connectivity index (χ3v) is 3.15. The highest BCUT2D eigenvalue weighted by Crippen LogP contribution is 2.34. The van der Waals surface area contributed by atoms with Gasteiger partial charge in [0.15, 0.2) is 0 Å². The van der Waals surface area contributed by atoms with Gasteiger partial charge in [0.05, 0.1) is 16.2 Å². The minimum Gasteiger partial charge on any atom is -0.265 e. The van der Waals surface area contributed by atoms with E-state index in [0.29, 0.717) is 5.56 Å². The highest BCUT2D eigenvalue weighted by atomic mass is 35.5. The van der Waals surface area contributed by atoms with Gasteiger partial charge in [0.1, 0.15) is 6.07 Å². The average molecular weight is 309 g/mol. The van der Waals surface area contributed by atoms with Crippen molar-refractivity contribution in [3.05, 3.63) is 65.5 Å². The molecule has 0 radical (unpaired) electrons. The summed E-state index contributed by atoms with van der Waals surface area (Å²) in [6.07, 6.45) is -1.51. The van der Waals surface area contributed by atoms with E-state index in [9.17, 15) is 18.4 Å². The number of aromatic nitrogens is 1. The summed E-state index contributed by atoms with van der Waals surface area (Å²) in [6, 6.07) is 9.59. The van der Waals surface area contributed by atoms with E-state index in [2.05, 4.69) is 4.98 Å².